The molecule has 0 spiro atoms. The maximum absolute atomic E-state index is 13.6. The molecule has 1 N–H and O–H groups in total. The lowest BCUT2D eigenvalue weighted by atomic mass is 10.2. The van der Waals surface area contributed by atoms with Crippen molar-refractivity contribution >= 4 is 28.1 Å². The number of ether oxygens (including phenoxy) is 1. The Hall–Kier alpha value is -2.99. The summed E-state index contributed by atoms with van der Waals surface area (Å²) in [6, 6.07) is 20.8. The van der Waals surface area contributed by atoms with Gasteiger partial charge in [0.1, 0.15) is 18.2 Å². The van der Waals surface area contributed by atoms with Gasteiger partial charge in [-0.05, 0) is 35.9 Å². The highest BCUT2D eigenvalue weighted by molar-refractivity contribution is 9.10. The molecule has 0 atom stereocenters. The number of hydrogen-bond donors (Lipinski definition) is 1. The normalized spacial score (nSPS) is 10.7. The van der Waals surface area contributed by atoms with Crippen molar-refractivity contribution in [1.29, 1.82) is 0 Å². The van der Waals surface area contributed by atoms with E-state index >= 15 is 0 Å². The Morgan fingerprint density at radius 1 is 1.04 bits per heavy atom. The first-order chi connectivity index (χ1) is 13.1. The van der Waals surface area contributed by atoms with Gasteiger partial charge in [0.15, 0.2) is 0 Å². The van der Waals surface area contributed by atoms with Gasteiger partial charge in [0.05, 0.1) is 11.8 Å². The zero-order valence-corrected chi connectivity index (χ0v) is 15.8. The summed E-state index contributed by atoms with van der Waals surface area (Å²) in [7, 11) is 0. The van der Waals surface area contributed by atoms with Crippen LogP contribution < -0.4 is 10.2 Å². The second kappa shape index (κ2) is 9.09. The van der Waals surface area contributed by atoms with E-state index in [1.807, 2.05) is 24.3 Å². The molecule has 136 valence electrons. The zero-order valence-electron chi connectivity index (χ0n) is 14.2. The number of rotatable bonds is 6. The molecular formula is C21H16BrFN2O2. The third-order valence-electron chi connectivity index (χ3n) is 3.71. The summed E-state index contributed by atoms with van der Waals surface area (Å²) in [4.78, 5) is 12.4. The monoisotopic (exact) mass is 426 g/mol. The smallest absolute Gasteiger partial charge is 0.275 e. The van der Waals surface area contributed by atoms with Crippen LogP contribution in [-0.4, -0.2) is 12.1 Å². The lowest BCUT2D eigenvalue weighted by Gasteiger charge is -2.10. The second-order valence-corrected chi connectivity index (χ2v) is 6.55. The van der Waals surface area contributed by atoms with Crippen molar-refractivity contribution in [2.45, 2.75) is 6.61 Å². The molecule has 0 aliphatic heterocycles. The number of amides is 1. The first-order valence-corrected chi connectivity index (χ1v) is 8.97. The van der Waals surface area contributed by atoms with Crippen molar-refractivity contribution in [3.05, 3.63) is 99.8 Å². The van der Waals surface area contributed by atoms with Crippen LogP contribution in [0, 0.1) is 5.82 Å². The van der Waals surface area contributed by atoms with E-state index in [0.717, 1.165) is 10.0 Å². The molecule has 3 aromatic rings. The molecule has 0 fully saturated rings. The minimum absolute atomic E-state index is 0.289. The van der Waals surface area contributed by atoms with Crippen LogP contribution in [0.1, 0.15) is 21.5 Å². The van der Waals surface area contributed by atoms with Crippen LogP contribution in [0.25, 0.3) is 0 Å². The number of nitrogens with zero attached hydrogens (tertiary/aromatic N) is 1. The Morgan fingerprint density at radius 2 is 1.74 bits per heavy atom. The Labute approximate surface area is 164 Å². The van der Waals surface area contributed by atoms with Crippen LogP contribution in [0.2, 0.25) is 0 Å². The fourth-order valence-electron chi connectivity index (χ4n) is 2.32. The highest BCUT2D eigenvalue weighted by atomic mass is 79.9. The Morgan fingerprint density at radius 3 is 2.52 bits per heavy atom. The van der Waals surface area contributed by atoms with E-state index in [2.05, 4.69) is 26.5 Å². The molecule has 27 heavy (non-hydrogen) atoms. The molecule has 3 rings (SSSR count). The van der Waals surface area contributed by atoms with E-state index < -0.39 is 11.7 Å². The highest BCUT2D eigenvalue weighted by Gasteiger charge is 2.11. The van der Waals surface area contributed by atoms with E-state index in [4.69, 9.17) is 4.74 Å². The fraction of sp³-hybridized carbons (Fsp3) is 0.0476. The maximum atomic E-state index is 13.6. The lowest BCUT2D eigenvalue weighted by Crippen LogP contribution is -2.18. The predicted octanol–water partition coefficient (Wildman–Crippen LogP) is 4.93. The average Bonchev–Trinajstić information content (AvgIpc) is 2.69. The Kier molecular flexibility index (Phi) is 6.33. The van der Waals surface area contributed by atoms with E-state index in [9.17, 15) is 9.18 Å². The van der Waals surface area contributed by atoms with Gasteiger partial charge in [0.25, 0.3) is 5.91 Å². The van der Waals surface area contributed by atoms with Crippen LogP contribution >= 0.6 is 15.9 Å². The van der Waals surface area contributed by atoms with Gasteiger partial charge in [-0.3, -0.25) is 4.79 Å². The summed E-state index contributed by atoms with van der Waals surface area (Å²) in [6.45, 7) is 0.329. The van der Waals surface area contributed by atoms with Crippen LogP contribution in [0.3, 0.4) is 0 Å². The number of nitrogens with one attached hydrogen (secondary N) is 1. The molecule has 3 aromatic carbocycles. The van der Waals surface area contributed by atoms with Crippen molar-refractivity contribution in [3.63, 3.8) is 0 Å². The number of carbonyl (C=O) groups is 1. The molecule has 0 bridgehead atoms. The summed E-state index contributed by atoms with van der Waals surface area (Å²) in [5, 5.41) is 3.82. The van der Waals surface area contributed by atoms with Gasteiger partial charge in [-0.25, -0.2) is 9.82 Å². The van der Waals surface area contributed by atoms with Gasteiger partial charge >= 0.3 is 0 Å². The summed E-state index contributed by atoms with van der Waals surface area (Å²) >= 11 is 3.39. The van der Waals surface area contributed by atoms with Crippen LogP contribution in [0.5, 0.6) is 5.75 Å². The molecular weight excluding hydrogens is 411 g/mol. The maximum Gasteiger partial charge on any atom is 0.275 e. The first-order valence-electron chi connectivity index (χ1n) is 8.17. The van der Waals surface area contributed by atoms with Crippen molar-refractivity contribution < 1.29 is 13.9 Å². The molecule has 1 amide bonds. The zero-order chi connectivity index (χ0) is 19.1. The quantitative estimate of drug-likeness (QED) is 0.448. The van der Waals surface area contributed by atoms with E-state index in [-0.39, 0.29) is 5.56 Å². The van der Waals surface area contributed by atoms with Crippen molar-refractivity contribution in [2.75, 3.05) is 0 Å². The third kappa shape index (κ3) is 5.24. The lowest BCUT2D eigenvalue weighted by molar-refractivity contribution is 0.0950. The summed E-state index contributed by atoms with van der Waals surface area (Å²) in [5.41, 5.74) is 4.01. The standard InChI is InChI=1S/C21H16BrFN2O2/c22-17-11-9-15(10-12-17)14-27-20-8-4-2-6-18(20)21(26)25-24-13-16-5-1-3-7-19(16)23/h1-13H,14H2,(H,25,26). The molecule has 0 aliphatic rings. The Balaban J connectivity index is 1.66. The largest absolute Gasteiger partial charge is 0.488 e. The number of para-hydroxylation sites is 1. The average molecular weight is 427 g/mol. The molecule has 0 saturated carbocycles. The molecule has 0 saturated heterocycles. The predicted molar refractivity (Wildman–Crippen MR) is 106 cm³/mol. The summed E-state index contributed by atoms with van der Waals surface area (Å²) in [5.74, 6) is -0.401. The Bertz CT molecular complexity index is 958. The van der Waals surface area contributed by atoms with Gasteiger partial charge in [-0.2, -0.15) is 5.10 Å². The van der Waals surface area contributed by atoms with Crippen molar-refractivity contribution in [2.24, 2.45) is 5.10 Å². The van der Waals surface area contributed by atoms with Crippen molar-refractivity contribution in [3.8, 4) is 5.75 Å². The molecule has 6 heteroatoms. The van der Waals surface area contributed by atoms with Gasteiger partial charge in [0, 0.05) is 10.0 Å². The van der Waals surface area contributed by atoms with Crippen LogP contribution in [0.4, 0.5) is 4.39 Å². The van der Waals surface area contributed by atoms with Gasteiger partial charge in [-0.15, -0.1) is 0 Å². The number of hydrogen-bond acceptors (Lipinski definition) is 3. The van der Waals surface area contributed by atoms with Gasteiger partial charge in [-0.1, -0.05) is 58.4 Å². The first kappa shape index (κ1) is 18.8. The second-order valence-electron chi connectivity index (χ2n) is 5.63. The van der Waals surface area contributed by atoms with E-state index in [1.165, 1.54) is 12.3 Å². The molecule has 0 aromatic heterocycles. The minimum atomic E-state index is -0.436. The van der Waals surface area contributed by atoms with E-state index in [0.29, 0.717) is 17.9 Å². The van der Waals surface area contributed by atoms with Gasteiger partial charge in [0.2, 0.25) is 0 Å². The van der Waals surface area contributed by atoms with E-state index in [1.54, 1.807) is 42.5 Å². The third-order valence-corrected chi connectivity index (χ3v) is 4.24. The number of halogens is 2. The number of hydrazone groups is 1. The van der Waals surface area contributed by atoms with Crippen molar-refractivity contribution in [1.82, 2.24) is 5.43 Å². The molecule has 4 nitrogen and oxygen atoms in total. The molecule has 0 radical (unpaired) electrons. The van der Waals surface area contributed by atoms with Gasteiger partial charge < -0.3 is 4.74 Å². The molecule has 0 unspecified atom stereocenters. The van der Waals surface area contributed by atoms with Crippen LogP contribution in [-0.2, 0) is 6.61 Å². The van der Waals surface area contributed by atoms with Crippen LogP contribution in [0.15, 0.2) is 82.4 Å². The highest BCUT2D eigenvalue weighted by Crippen LogP contribution is 2.20. The molecule has 0 aliphatic carbocycles. The number of benzene rings is 3. The minimum Gasteiger partial charge on any atom is -0.488 e. The molecule has 0 heterocycles. The summed E-state index contributed by atoms with van der Waals surface area (Å²) in [6.07, 6.45) is 1.26. The SMILES string of the molecule is O=C(NN=Cc1ccccc1F)c1ccccc1OCc1ccc(Br)cc1. The summed E-state index contributed by atoms with van der Waals surface area (Å²) < 4.78 is 20.3. The fourth-order valence-corrected chi connectivity index (χ4v) is 2.59. The number of carbonyl (C=O) groups excluding carboxylic acids is 1. The topological polar surface area (TPSA) is 50.7 Å².